The summed E-state index contributed by atoms with van der Waals surface area (Å²) in [7, 11) is 0. The van der Waals surface area contributed by atoms with Gasteiger partial charge in [-0.2, -0.15) is 13.2 Å². The standard InChI is InChI=1S/C20H25F3N6/c21-19(22,23)13-26-18-16-7-9-25-17(16)27-20(24,28-18)15-5-3-14(4-6-15)8-12-29-10-1-2-11-29/h3-7,9,25,27H,1-2,8,10-13,24H2,(H,26,28). The first kappa shape index (κ1) is 19.8. The average Bonchev–Trinajstić information content (AvgIpc) is 3.36. The number of aromatic amines is 1. The second kappa shape index (κ2) is 7.72. The van der Waals surface area contributed by atoms with Crippen molar-refractivity contribution in [2.24, 2.45) is 10.7 Å². The summed E-state index contributed by atoms with van der Waals surface area (Å²) < 4.78 is 38.0. The maximum Gasteiger partial charge on any atom is 0.408 e. The Morgan fingerprint density at radius 3 is 2.48 bits per heavy atom. The van der Waals surface area contributed by atoms with Gasteiger partial charge < -0.3 is 20.5 Å². The van der Waals surface area contributed by atoms with Crippen molar-refractivity contribution < 1.29 is 13.2 Å². The van der Waals surface area contributed by atoms with E-state index in [1.165, 1.54) is 18.4 Å². The van der Waals surface area contributed by atoms with Crippen molar-refractivity contribution >= 4 is 11.7 Å². The number of benzene rings is 1. The van der Waals surface area contributed by atoms with Gasteiger partial charge in [0.25, 0.3) is 0 Å². The molecule has 1 saturated heterocycles. The summed E-state index contributed by atoms with van der Waals surface area (Å²) in [6.45, 7) is 2.09. The molecule has 2 aliphatic rings. The first-order chi connectivity index (χ1) is 13.8. The van der Waals surface area contributed by atoms with Gasteiger partial charge in [0.2, 0.25) is 0 Å². The van der Waals surface area contributed by atoms with Crippen LogP contribution in [0.3, 0.4) is 0 Å². The van der Waals surface area contributed by atoms with E-state index in [-0.39, 0.29) is 5.84 Å². The number of aliphatic imine (C=N–C) groups is 1. The van der Waals surface area contributed by atoms with Gasteiger partial charge in [0.15, 0.2) is 5.79 Å². The molecule has 0 amide bonds. The van der Waals surface area contributed by atoms with Crippen molar-refractivity contribution in [1.82, 2.24) is 15.2 Å². The highest BCUT2D eigenvalue weighted by Crippen LogP contribution is 2.28. The maximum absolute atomic E-state index is 12.7. The lowest BCUT2D eigenvalue weighted by Crippen LogP contribution is -2.61. The van der Waals surface area contributed by atoms with Crippen LogP contribution in [-0.2, 0) is 12.2 Å². The Labute approximate surface area is 167 Å². The number of hydrogen-bond acceptors (Lipinski definition) is 4. The molecule has 9 heteroatoms. The molecule has 1 aromatic carbocycles. The van der Waals surface area contributed by atoms with Crippen LogP contribution in [0.25, 0.3) is 0 Å². The van der Waals surface area contributed by atoms with Crippen LogP contribution in [0.4, 0.5) is 19.0 Å². The van der Waals surface area contributed by atoms with E-state index < -0.39 is 18.5 Å². The van der Waals surface area contributed by atoms with E-state index in [0.717, 1.165) is 26.1 Å². The molecular formula is C20H25F3N6. The van der Waals surface area contributed by atoms with Crippen LogP contribution in [-0.4, -0.2) is 48.1 Å². The number of anilines is 1. The van der Waals surface area contributed by atoms with Crippen molar-refractivity contribution in [3.05, 3.63) is 53.2 Å². The number of halogens is 3. The Bertz CT molecular complexity index is 867. The van der Waals surface area contributed by atoms with E-state index in [1.54, 1.807) is 12.3 Å². The number of fused-ring (bicyclic) bond motifs is 1. The van der Waals surface area contributed by atoms with Crippen LogP contribution >= 0.6 is 0 Å². The lowest BCUT2D eigenvalue weighted by atomic mass is 10.0. The number of hydrogen-bond donors (Lipinski definition) is 4. The maximum atomic E-state index is 12.7. The Morgan fingerprint density at radius 2 is 1.79 bits per heavy atom. The smallest absolute Gasteiger partial charge is 0.348 e. The number of alkyl halides is 3. The summed E-state index contributed by atoms with van der Waals surface area (Å²) in [4.78, 5) is 9.15. The number of likely N-dealkylation sites (tertiary alicyclic amines) is 1. The zero-order valence-corrected chi connectivity index (χ0v) is 16.0. The van der Waals surface area contributed by atoms with E-state index in [1.807, 2.05) is 24.3 Å². The van der Waals surface area contributed by atoms with Gasteiger partial charge in [0.05, 0.1) is 5.56 Å². The van der Waals surface area contributed by atoms with Gasteiger partial charge in [0.1, 0.15) is 18.2 Å². The Kier molecular flexibility index (Phi) is 5.26. The Balaban J connectivity index is 1.51. The molecule has 0 bridgehead atoms. The third kappa shape index (κ3) is 4.56. The molecule has 156 valence electrons. The van der Waals surface area contributed by atoms with Crippen LogP contribution in [0.1, 0.15) is 29.5 Å². The van der Waals surface area contributed by atoms with Crippen LogP contribution < -0.4 is 16.4 Å². The van der Waals surface area contributed by atoms with Gasteiger partial charge >= 0.3 is 6.18 Å². The molecular weight excluding hydrogens is 381 g/mol. The number of nitrogens with zero attached hydrogens (tertiary/aromatic N) is 2. The van der Waals surface area contributed by atoms with E-state index in [9.17, 15) is 13.2 Å². The number of nitrogens with two attached hydrogens (primary N) is 1. The van der Waals surface area contributed by atoms with E-state index in [0.29, 0.717) is 16.9 Å². The van der Waals surface area contributed by atoms with Crippen molar-refractivity contribution in [3.8, 4) is 0 Å². The van der Waals surface area contributed by atoms with E-state index in [2.05, 4.69) is 25.5 Å². The molecule has 1 atom stereocenters. The Morgan fingerprint density at radius 1 is 1.07 bits per heavy atom. The monoisotopic (exact) mass is 406 g/mol. The highest BCUT2D eigenvalue weighted by Gasteiger charge is 2.36. The van der Waals surface area contributed by atoms with Gasteiger partial charge in [-0.3, -0.25) is 10.7 Å². The normalized spacial score (nSPS) is 23.7. The largest absolute Gasteiger partial charge is 0.408 e. The van der Waals surface area contributed by atoms with Gasteiger partial charge in [-0.1, -0.05) is 24.3 Å². The van der Waals surface area contributed by atoms with Gasteiger partial charge in [0, 0.05) is 18.3 Å². The van der Waals surface area contributed by atoms with Crippen molar-refractivity contribution in [3.63, 3.8) is 0 Å². The zero-order chi connectivity index (χ0) is 20.5. The molecule has 6 nitrogen and oxygen atoms in total. The minimum atomic E-state index is -4.38. The molecule has 1 unspecified atom stereocenters. The van der Waals surface area contributed by atoms with Crippen molar-refractivity contribution in [1.29, 1.82) is 0 Å². The van der Waals surface area contributed by atoms with Gasteiger partial charge in [-0.15, -0.1) is 0 Å². The summed E-state index contributed by atoms with van der Waals surface area (Å²) in [6, 6.07) is 9.48. The second-order valence-corrected chi connectivity index (χ2v) is 7.60. The summed E-state index contributed by atoms with van der Waals surface area (Å²) in [5.41, 5.74) is 8.93. The number of amidine groups is 1. The topological polar surface area (TPSA) is 81.5 Å². The number of H-pyrrole nitrogens is 1. The van der Waals surface area contributed by atoms with Crippen LogP contribution in [0.2, 0.25) is 0 Å². The predicted octanol–water partition coefficient (Wildman–Crippen LogP) is 2.75. The molecule has 1 fully saturated rings. The first-order valence-electron chi connectivity index (χ1n) is 9.78. The molecule has 4 rings (SSSR count). The number of rotatable bonds is 5. The highest BCUT2D eigenvalue weighted by atomic mass is 19.4. The SMILES string of the molecule is NC1(c2ccc(CCN3CCCC3)cc2)NC(=NCC(F)(F)F)c2cc[nH]c2N1. The molecule has 3 heterocycles. The number of nitrogens with one attached hydrogen (secondary N) is 3. The highest BCUT2D eigenvalue weighted by molar-refractivity contribution is 6.05. The minimum Gasteiger partial charge on any atom is -0.348 e. The lowest BCUT2D eigenvalue weighted by molar-refractivity contribution is -0.118. The van der Waals surface area contributed by atoms with Crippen LogP contribution in [0, 0.1) is 0 Å². The molecule has 2 aliphatic heterocycles. The summed E-state index contributed by atoms with van der Waals surface area (Å²) in [5.74, 6) is -0.626. The number of aromatic nitrogens is 1. The molecule has 1 aromatic heterocycles. The quantitative estimate of drug-likeness (QED) is 0.616. The fourth-order valence-electron chi connectivity index (χ4n) is 3.82. The first-order valence-corrected chi connectivity index (χ1v) is 9.78. The molecule has 2 aromatic rings. The predicted molar refractivity (Wildman–Crippen MR) is 107 cm³/mol. The van der Waals surface area contributed by atoms with Crippen molar-refractivity contribution in [2.75, 3.05) is 31.5 Å². The lowest BCUT2D eigenvalue weighted by Gasteiger charge is -2.38. The van der Waals surface area contributed by atoms with Gasteiger partial charge in [-0.25, -0.2) is 0 Å². The summed E-state index contributed by atoms with van der Waals surface area (Å²) in [6.07, 6.45) is 0.744. The molecule has 0 spiro atoms. The van der Waals surface area contributed by atoms with Gasteiger partial charge in [-0.05, 0) is 44.0 Å². The van der Waals surface area contributed by atoms with E-state index >= 15 is 0 Å². The zero-order valence-electron chi connectivity index (χ0n) is 16.0. The molecule has 0 radical (unpaired) electrons. The molecule has 0 aliphatic carbocycles. The fourth-order valence-corrected chi connectivity index (χ4v) is 3.82. The molecule has 5 N–H and O–H groups in total. The average molecular weight is 406 g/mol. The van der Waals surface area contributed by atoms with Crippen molar-refractivity contribution in [2.45, 2.75) is 31.2 Å². The third-order valence-electron chi connectivity index (χ3n) is 5.38. The Hall–Kier alpha value is -2.52. The molecule has 29 heavy (non-hydrogen) atoms. The molecule has 0 saturated carbocycles. The summed E-state index contributed by atoms with van der Waals surface area (Å²) >= 11 is 0. The van der Waals surface area contributed by atoms with Crippen LogP contribution in [0.5, 0.6) is 0 Å². The third-order valence-corrected chi connectivity index (χ3v) is 5.38. The fraction of sp³-hybridized carbons (Fsp3) is 0.450. The summed E-state index contributed by atoms with van der Waals surface area (Å²) in [5, 5.41) is 6.08. The van der Waals surface area contributed by atoms with E-state index in [4.69, 9.17) is 5.73 Å². The van der Waals surface area contributed by atoms with Crippen LogP contribution in [0.15, 0.2) is 41.5 Å². The minimum absolute atomic E-state index is 0.109. The second-order valence-electron chi connectivity index (χ2n) is 7.60.